The summed E-state index contributed by atoms with van der Waals surface area (Å²) in [4.78, 5) is 28.5. The normalized spacial score (nSPS) is 13.9. The molecule has 0 amide bonds. The fourth-order valence-corrected chi connectivity index (χ4v) is 6.97. The molecule has 0 saturated carbocycles. The first kappa shape index (κ1) is 32.0. The van der Waals surface area contributed by atoms with Gasteiger partial charge in [0.05, 0.1) is 17.6 Å². The first-order chi connectivity index (χ1) is 22.7. The van der Waals surface area contributed by atoms with Crippen molar-refractivity contribution in [3.63, 3.8) is 0 Å². The summed E-state index contributed by atoms with van der Waals surface area (Å²) in [5, 5.41) is 3.72. The molecule has 1 saturated heterocycles. The van der Waals surface area contributed by atoms with Gasteiger partial charge in [-0.2, -0.15) is 0 Å². The number of hydrogen-bond acceptors (Lipinski definition) is 9. The van der Waals surface area contributed by atoms with Crippen LogP contribution in [0.4, 0.5) is 0 Å². The van der Waals surface area contributed by atoms with Crippen LogP contribution in [-0.4, -0.2) is 74.3 Å². The smallest absolute Gasteiger partial charge is 0.337 e. The van der Waals surface area contributed by atoms with Crippen molar-refractivity contribution < 1.29 is 27.4 Å². The zero-order valence-corrected chi connectivity index (χ0v) is 27.2. The van der Waals surface area contributed by atoms with Crippen LogP contribution in [0.15, 0.2) is 94.9 Å². The number of esters is 1. The largest absolute Gasteiger partial charge is 0.492 e. The van der Waals surface area contributed by atoms with Crippen LogP contribution in [0.3, 0.4) is 0 Å². The fourth-order valence-electron chi connectivity index (χ4n) is 5.62. The monoisotopic (exact) mass is 656 g/mol. The number of ether oxygens (including phenoxy) is 3. The van der Waals surface area contributed by atoms with E-state index in [-0.39, 0.29) is 16.0 Å². The first-order valence-corrected chi connectivity index (χ1v) is 16.7. The Morgan fingerprint density at radius 3 is 2.43 bits per heavy atom. The molecule has 0 aliphatic carbocycles. The third-order valence-corrected chi connectivity index (χ3v) is 9.87. The number of pyridine rings is 1. The van der Waals surface area contributed by atoms with Gasteiger partial charge in [0.1, 0.15) is 29.4 Å². The van der Waals surface area contributed by atoms with Gasteiger partial charge in [-0.05, 0) is 55.5 Å². The molecule has 244 valence electrons. The highest BCUT2D eigenvalue weighted by molar-refractivity contribution is 7.90. The quantitative estimate of drug-likeness (QED) is 0.218. The predicted octanol–water partition coefficient (Wildman–Crippen LogP) is 4.42. The van der Waals surface area contributed by atoms with Crippen LogP contribution >= 0.6 is 0 Å². The van der Waals surface area contributed by atoms with E-state index in [0.29, 0.717) is 40.4 Å². The van der Waals surface area contributed by atoms with Gasteiger partial charge in [0.2, 0.25) is 0 Å². The number of nitrogens with zero attached hydrogens (tertiary/aromatic N) is 3. The molecule has 0 atom stereocenters. The zero-order chi connectivity index (χ0) is 33.1. The van der Waals surface area contributed by atoms with Crippen molar-refractivity contribution in [1.82, 2.24) is 18.8 Å². The minimum Gasteiger partial charge on any atom is -0.492 e. The highest BCUT2D eigenvalue weighted by atomic mass is 32.2. The lowest BCUT2D eigenvalue weighted by atomic mass is 10.00. The molecule has 0 unspecified atom stereocenters. The molecule has 2 aromatic heterocycles. The van der Waals surface area contributed by atoms with Crippen molar-refractivity contribution in [2.45, 2.75) is 11.8 Å². The molecule has 11 nitrogen and oxygen atoms in total. The van der Waals surface area contributed by atoms with Crippen LogP contribution in [0.5, 0.6) is 17.2 Å². The number of nitrogens with one attached hydrogen (secondary N) is 1. The number of piperazine rings is 1. The van der Waals surface area contributed by atoms with Gasteiger partial charge in [-0.1, -0.05) is 23.8 Å². The van der Waals surface area contributed by atoms with E-state index in [4.69, 9.17) is 14.2 Å². The van der Waals surface area contributed by atoms with E-state index in [1.165, 1.54) is 30.0 Å². The van der Waals surface area contributed by atoms with E-state index in [0.717, 1.165) is 42.3 Å². The zero-order valence-electron chi connectivity index (χ0n) is 26.4. The molecule has 0 bridgehead atoms. The minimum atomic E-state index is -4.10. The molecule has 1 N–H and O–H groups in total. The number of methoxy groups -OCH3 is 1. The summed E-state index contributed by atoms with van der Waals surface area (Å²) < 4.78 is 47.2. The molecular formula is C35H36N4O7S. The Morgan fingerprint density at radius 1 is 0.936 bits per heavy atom. The molecule has 47 heavy (non-hydrogen) atoms. The summed E-state index contributed by atoms with van der Waals surface area (Å²) in [6.45, 7) is 7.11. The highest BCUT2D eigenvalue weighted by Crippen LogP contribution is 2.39. The van der Waals surface area contributed by atoms with Crippen LogP contribution < -0.4 is 20.3 Å². The molecule has 1 aliphatic rings. The number of aromatic nitrogens is 2. The number of carbonyl (C=O) groups is 1. The minimum absolute atomic E-state index is 0.0279. The third-order valence-electron chi connectivity index (χ3n) is 8.18. The summed E-state index contributed by atoms with van der Waals surface area (Å²) >= 11 is 0. The molecule has 6 rings (SSSR count). The summed E-state index contributed by atoms with van der Waals surface area (Å²) in [7, 11) is -1.26. The van der Waals surface area contributed by atoms with Crippen molar-refractivity contribution >= 4 is 26.9 Å². The van der Waals surface area contributed by atoms with Gasteiger partial charge in [0.15, 0.2) is 0 Å². The number of benzene rings is 3. The van der Waals surface area contributed by atoms with Crippen LogP contribution in [0, 0.1) is 6.92 Å². The Bertz CT molecular complexity index is 2100. The molecule has 5 aromatic rings. The highest BCUT2D eigenvalue weighted by Gasteiger charge is 2.25. The van der Waals surface area contributed by atoms with E-state index >= 15 is 0 Å². The van der Waals surface area contributed by atoms with E-state index in [1.807, 2.05) is 19.1 Å². The number of aryl methyl sites for hydroxylation is 2. The van der Waals surface area contributed by atoms with Gasteiger partial charge >= 0.3 is 5.97 Å². The Labute approximate surface area is 273 Å². The lowest BCUT2D eigenvalue weighted by Gasteiger charge is -2.26. The van der Waals surface area contributed by atoms with E-state index in [1.54, 1.807) is 61.8 Å². The second-order valence-corrected chi connectivity index (χ2v) is 13.2. The van der Waals surface area contributed by atoms with Crippen LogP contribution in [0.2, 0.25) is 0 Å². The van der Waals surface area contributed by atoms with Gasteiger partial charge in [0.25, 0.3) is 15.6 Å². The lowest BCUT2D eigenvalue weighted by Crippen LogP contribution is -2.44. The third kappa shape index (κ3) is 6.66. The SMILES string of the molecule is COC(=O)c1ccc(Oc2cccc(OCCN3CCNCC3)c2)c(-c2cn(C)c(=O)c3c2ccn3S(=O)(=O)c2ccc(C)cc2)c1. The summed E-state index contributed by atoms with van der Waals surface area (Å²) in [5.74, 6) is 0.966. The maximum Gasteiger partial charge on any atom is 0.337 e. The molecule has 3 heterocycles. The first-order valence-electron chi connectivity index (χ1n) is 15.2. The Hall–Kier alpha value is -4.91. The van der Waals surface area contributed by atoms with Crippen molar-refractivity contribution in [3.8, 4) is 28.4 Å². The molecule has 0 spiro atoms. The molecular weight excluding hydrogens is 620 g/mol. The van der Waals surface area contributed by atoms with Gasteiger partial charge in [-0.15, -0.1) is 0 Å². The topological polar surface area (TPSA) is 121 Å². The van der Waals surface area contributed by atoms with Gasteiger partial charge < -0.3 is 24.1 Å². The number of rotatable bonds is 10. The Kier molecular flexibility index (Phi) is 9.17. The average molecular weight is 657 g/mol. The standard InChI is InChI=1S/C35H36N4O7S/c1-24-7-10-28(11-8-24)47(42,43)39-16-13-29-31(23-37(2)34(40)33(29)39)30-21-25(35(41)44-3)9-12-32(30)46-27-6-4-5-26(22-27)45-20-19-38-17-14-36-15-18-38/h4-13,16,21-23,36H,14-15,17-20H2,1-3H3. The molecule has 0 radical (unpaired) electrons. The summed E-state index contributed by atoms with van der Waals surface area (Å²) in [5.41, 5.74) is 1.59. The van der Waals surface area contributed by atoms with E-state index in [2.05, 4.69) is 10.2 Å². The van der Waals surface area contributed by atoms with Gasteiger partial charge in [-0.25, -0.2) is 17.2 Å². The predicted molar refractivity (Wildman–Crippen MR) is 179 cm³/mol. The van der Waals surface area contributed by atoms with Gasteiger partial charge in [-0.3, -0.25) is 9.69 Å². The average Bonchev–Trinajstić information content (AvgIpc) is 3.54. The van der Waals surface area contributed by atoms with E-state index in [9.17, 15) is 18.0 Å². The van der Waals surface area contributed by atoms with Crippen molar-refractivity contribution in [2.75, 3.05) is 46.4 Å². The second kappa shape index (κ2) is 13.4. The summed E-state index contributed by atoms with van der Waals surface area (Å²) in [6, 6.07) is 20.1. The Morgan fingerprint density at radius 2 is 1.68 bits per heavy atom. The van der Waals surface area contributed by atoms with Crippen LogP contribution in [-0.2, 0) is 21.8 Å². The fraction of sp³-hybridized carbons (Fsp3) is 0.257. The maximum atomic E-state index is 13.7. The van der Waals surface area contributed by atoms with Crippen molar-refractivity contribution in [2.24, 2.45) is 7.05 Å². The molecule has 12 heteroatoms. The molecule has 3 aromatic carbocycles. The maximum absolute atomic E-state index is 13.7. The number of carbonyl (C=O) groups excluding carboxylic acids is 1. The van der Waals surface area contributed by atoms with Crippen LogP contribution in [0.1, 0.15) is 15.9 Å². The number of fused-ring (bicyclic) bond motifs is 1. The number of hydrogen-bond donors (Lipinski definition) is 1. The van der Waals surface area contributed by atoms with Crippen LogP contribution in [0.25, 0.3) is 22.0 Å². The van der Waals surface area contributed by atoms with Crippen molar-refractivity contribution in [3.05, 3.63) is 107 Å². The van der Waals surface area contributed by atoms with E-state index < -0.39 is 21.6 Å². The molecule has 1 fully saturated rings. The second-order valence-electron chi connectivity index (χ2n) is 11.4. The molecule has 1 aliphatic heterocycles. The Balaban J connectivity index is 1.39. The van der Waals surface area contributed by atoms with Gasteiger partial charge in [0, 0.05) is 74.7 Å². The van der Waals surface area contributed by atoms with Crippen molar-refractivity contribution in [1.29, 1.82) is 0 Å². The summed E-state index contributed by atoms with van der Waals surface area (Å²) in [6.07, 6.45) is 2.98. The lowest BCUT2D eigenvalue weighted by molar-refractivity contribution is 0.0600.